The van der Waals surface area contributed by atoms with Crippen LogP contribution in [-0.2, 0) is 20.9 Å². The van der Waals surface area contributed by atoms with Gasteiger partial charge in [0, 0.05) is 46.4 Å². The topological polar surface area (TPSA) is 110 Å². The zero-order valence-corrected chi connectivity index (χ0v) is 16.5. The van der Waals surface area contributed by atoms with Gasteiger partial charge in [0.25, 0.3) is 5.56 Å². The zero-order valence-electron chi connectivity index (χ0n) is 16.5. The second-order valence-electron chi connectivity index (χ2n) is 6.92. The van der Waals surface area contributed by atoms with Crippen LogP contribution in [0.3, 0.4) is 0 Å². The van der Waals surface area contributed by atoms with E-state index in [1.807, 2.05) is 4.90 Å². The first kappa shape index (κ1) is 20.9. The summed E-state index contributed by atoms with van der Waals surface area (Å²) in [4.78, 5) is 40.7. The van der Waals surface area contributed by atoms with Crippen molar-refractivity contribution in [2.45, 2.75) is 13.0 Å². The fourth-order valence-corrected chi connectivity index (χ4v) is 3.21. The molecule has 2 aromatic rings. The molecule has 0 atom stereocenters. The van der Waals surface area contributed by atoms with Gasteiger partial charge in [-0.05, 0) is 18.6 Å². The second kappa shape index (κ2) is 10.1. The van der Waals surface area contributed by atoms with Gasteiger partial charge in [0.05, 0.1) is 11.9 Å². The Bertz CT molecular complexity index is 907. The summed E-state index contributed by atoms with van der Waals surface area (Å²) in [5.41, 5.74) is 0.183. The van der Waals surface area contributed by atoms with Gasteiger partial charge in [-0.1, -0.05) is 17.3 Å². The van der Waals surface area contributed by atoms with E-state index in [9.17, 15) is 14.4 Å². The maximum atomic E-state index is 12.6. The van der Waals surface area contributed by atoms with Gasteiger partial charge in [-0.25, -0.2) is 4.68 Å². The molecule has 2 heterocycles. The lowest BCUT2D eigenvalue weighted by Gasteiger charge is -2.34. The van der Waals surface area contributed by atoms with Crippen molar-refractivity contribution in [1.29, 1.82) is 0 Å². The average Bonchev–Trinajstić information content (AvgIpc) is 2.74. The number of carbonyl (C=O) groups excluding carboxylic acids is 2. The number of piperazine rings is 1. The minimum absolute atomic E-state index is 0.0288. The molecule has 0 saturated carbocycles. The van der Waals surface area contributed by atoms with Crippen molar-refractivity contribution in [1.82, 2.24) is 30.1 Å². The highest BCUT2D eigenvalue weighted by molar-refractivity contribution is 5.79. The van der Waals surface area contributed by atoms with Crippen LogP contribution in [0.2, 0.25) is 0 Å². The van der Waals surface area contributed by atoms with E-state index in [1.165, 1.54) is 0 Å². The summed E-state index contributed by atoms with van der Waals surface area (Å²) in [7, 11) is 1.63. The molecule has 1 N–H and O–H groups in total. The molecule has 0 aliphatic carbocycles. The van der Waals surface area contributed by atoms with Gasteiger partial charge in [-0.3, -0.25) is 19.3 Å². The number of hydrogen-bond donors (Lipinski definition) is 1. The van der Waals surface area contributed by atoms with Gasteiger partial charge < -0.3 is 15.0 Å². The summed E-state index contributed by atoms with van der Waals surface area (Å²) >= 11 is 0. The van der Waals surface area contributed by atoms with Crippen LogP contribution >= 0.6 is 0 Å². The minimum atomic E-state index is -0.326. The number of rotatable bonds is 8. The van der Waals surface area contributed by atoms with E-state index in [2.05, 4.69) is 15.6 Å². The molecule has 0 radical (unpaired) electrons. The first-order chi connectivity index (χ1) is 14.1. The first-order valence-corrected chi connectivity index (χ1v) is 9.67. The van der Waals surface area contributed by atoms with Crippen LogP contribution in [0.5, 0.6) is 0 Å². The van der Waals surface area contributed by atoms with Crippen LogP contribution in [0.4, 0.5) is 0 Å². The Hall–Kier alpha value is -2.85. The van der Waals surface area contributed by atoms with Gasteiger partial charge in [-0.15, -0.1) is 5.10 Å². The van der Waals surface area contributed by atoms with Crippen LogP contribution in [0.15, 0.2) is 29.1 Å². The van der Waals surface area contributed by atoms with Crippen LogP contribution in [0.1, 0.15) is 6.42 Å². The van der Waals surface area contributed by atoms with E-state index in [0.29, 0.717) is 56.8 Å². The van der Waals surface area contributed by atoms with Crippen molar-refractivity contribution in [3.8, 4) is 0 Å². The highest BCUT2D eigenvalue weighted by Crippen LogP contribution is 2.05. The number of ether oxygens (including phenoxy) is 1. The number of carbonyl (C=O) groups is 2. The van der Waals surface area contributed by atoms with Crippen molar-refractivity contribution in [2.24, 2.45) is 0 Å². The number of amides is 2. The molecule has 0 bridgehead atoms. The van der Waals surface area contributed by atoms with E-state index < -0.39 is 0 Å². The van der Waals surface area contributed by atoms with Gasteiger partial charge in [0.1, 0.15) is 12.1 Å². The molecule has 10 heteroatoms. The molecule has 29 heavy (non-hydrogen) atoms. The van der Waals surface area contributed by atoms with Crippen LogP contribution < -0.4 is 10.9 Å². The molecule has 1 aromatic heterocycles. The fraction of sp³-hybridized carbons (Fsp3) is 0.526. The van der Waals surface area contributed by atoms with Gasteiger partial charge >= 0.3 is 0 Å². The van der Waals surface area contributed by atoms with Crippen LogP contribution in [0.25, 0.3) is 10.9 Å². The number of methoxy groups -OCH3 is 1. The molecular formula is C19H26N6O4. The quantitative estimate of drug-likeness (QED) is 0.569. The molecule has 1 aliphatic heterocycles. The maximum Gasteiger partial charge on any atom is 0.278 e. The predicted octanol–water partition coefficient (Wildman–Crippen LogP) is -0.912. The fourth-order valence-electron chi connectivity index (χ4n) is 3.21. The van der Waals surface area contributed by atoms with Crippen molar-refractivity contribution in [3.05, 3.63) is 34.6 Å². The number of fused-ring (bicyclic) bond motifs is 1. The Morgan fingerprint density at radius 1 is 1.14 bits per heavy atom. The number of hydrogen-bond acceptors (Lipinski definition) is 7. The molecule has 3 rings (SSSR count). The first-order valence-electron chi connectivity index (χ1n) is 9.67. The normalized spacial score (nSPS) is 14.9. The van der Waals surface area contributed by atoms with Crippen molar-refractivity contribution < 1.29 is 14.3 Å². The Morgan fingerprint density at radius 3 is 2.66 bits per heavy atom. The molecule has 0 spiro atoms. The number of benzene rings is 1. The third kappa shape index (κ3) is 5.58. The van der Waals surface area contributed by atoms with E-state index in [4.69, 9.17) is 4.74 Å². The Kier molecular flexibility index (Phi) is 7.25. The molecular weight excluding hydrogens is 376 g/mol. The van der Waals surface area contributed by atoms with E-state index in [-0.39, 0.29) is 23.9 Å². The average molecular weight is 402 g/mol. The minimum Gasteiger partial charge on any atom is -0.385 e. The number of aromatic nitrogens is 3. The summed E-state index contributed by atoms with van der Waals surface area (Å²) in [5.74, 6) is -0.209. The van der Waals surface area contributed by atoms with E-state index in [0.717, 1.165) is 11.1 Å². The molecule has 10 nitrogen and oxygen atoms in total. The SMILES string of the molecule is COCCCNC(=O)CN1CCN(C(=O)Cn2nnc3ccccc3c2=O)CC1. The summed E-state index contributed by atoms with van der Waals surface area (Å²) in [6.45, 7) is 3.60. The molecule has 1 aliphatic rings. The summed E-state index contributed by atoms with van der Waals surface area (Å²) in [5, 5.41) is 11.2. The summed E-state index contributed by atoms with van der Waals surface area (Å²) in [6.07, 6.45) is 0.779. The molecule has 2 amide bonds. The van der Waals surface area contributed by atoms with E-state index >= 15 is 0 Å². The van der Waals surface area contributed by atoms with Gasteiger partial charge in [0.15, 0.2) is 0 Å². The third-order valence-electron chi connectivity index (χ3n) is 4.85. The smallest absolute Gasteiger partial charge is 0.278 e. The van der Waals surface area contributed by atoms with Crippen molar-refractivity contribution in [3.63, 3.8) is 0 Å². The number of nitrogens with zero attached hydrogens (tertiary/aromatic N) is 5. The lowest BCUT2D eigenvalue weighted by Crippen LogP contribution is -2.52. The molecule has 156 valence electrons. The van der Waals surface area contributed by atoms with Crippen molar-refractivity contribution >= 4 is 22.7 Å². The van der Waals surface area contributed by atoms with Crippen LogP contribution in [-0.4, -0.2) is 89.6 Å². The Balaban J connectivity index is 1.47. The Labute approximate surface area is 168 Å². The molecule has 1 aromatic carbocycles. The predicted molar refractivity (Wildman–Crippen MR) is 106 cm³/mol. The standard InChI is InChI=1S/C19H26N6O4/c1-29-12-4-7-20-17(26)13-23-8-10-24(11-9-23)18(27)14-25-19(28)15-5-2-3-6-16(15)21-22-25/h2-3,5-6H,4,7-14H2,1H3,(H,20,26). The summed E-state index contributed by atoms with van der Waals surface area (Å²) in [6, 6.07) is 6.92. The second-order valence-corrected chi connectivity index (χ2v) is 6.92. The third-order valence-corrected chi connectivity index (χ3v) is 4.85. The highest BCUT2D eigenvalue weighted by atomic mass is 16.5. The monoisotopic (exact) mass is 402 g/mol. The summed E-state index contributed by atoms with van der Waals surface area (Å²) < 4.78 is 6.05. The van der Waals surface area contributed by atoms with Crippen molar-refractivity contribution in [2.75, 3.05) is 53.0 Å². The van der Waals surface area contributed by atoms with Crippen LogP contribution in [0, 0.1) is 0 Å². The zero-order chi connectivity index (χ0) is 20.6. The highest BCUT2D eigenvalue weighted by Gasteiger charge is 2.23. The lowest BCUT2D eigenvalue weighted by atomic mass is 10.2. The molecule has 0 unspecified atom stereocenters. The number of nitrogens with one attached hydrogen (secondary N) is 1. The Morgan fingerprint density at radius 2 is 1.90 bits per heavy atom. The molecule has 1 fully saturated rings. The lowest BCUT2D eigenvalue weighted by molar-refractivity contribution is -0.134. The molecule has 1 saturated heterocycles. The largest absolute Gasteiger partial charge is 0.385 e. The van der Waals surface area contributed by atoms with Gasteiger partial charge in [-0.2, -0.15) is 0 Å². The van der Waals surface area contributed by atoms with Gasteiger partial charge in [0.2, 0.25) is 11.8 Å². The van der Waals surface area contributed by atoms with E-state index in [1.54, 1.807) is 36.3 Å². The maximum absolute atomic E-state index is 12.6.